The van der Waals surface area contributed by atoms with Crippen LogP contribution in [-0.2, 0) is 6.61 Å². The van der Waals surface area contributed by atoms with Crippen molar-refractivity contribution >= 4 is 5.69 Å². The van der Waals surface area contributed by atoms with E-state index < -0.39 is 4.92 Å². The van der Waals surface area contributed by atoms with Gasteiger partial charge in [0.1, 0.15) is 24.3 Å². The van der Waals surface area contributed by atoms with E-state index in [0.717, 1.165) is 11.1 Å². The molecule has 0 bridgehead atoms. The van der Waals surface area contributed by atoms with Gasteiger partial charge >= 0.3 is 0 Å². The highest BCUT2D eigenvalue weighted by atomic mass is 16.6. The average Bonchev–Trinajstić information content (AvgIpc) is 3.03. The lowest BCUT2D eigenvalue weighted by atomic mass is 10.1. The third-order valence-corrected chi connectivity index (χ3v) is 3.27. The second kappa shape index (κ2) is 6.31. The molecule has 0 aliphatic heterocycles. The van der Waals surface area contributed by atoms with Crippen LogP contribution in [0.4, 0.5) is 5.69 Å². The average molecular weight is 310 g/mol. The van der Waals surface area contributed by atoms with Crippen molar-refractivity contribution in [3.63, 3.8) is 0 Å². The predicted molar refractivity (Wildman–Crippen MR) is 84.1 cm³/mol. The van der Waals surface area contributed by atoms with Crippen molar-refractivity contribution < 1.29 is 14.1 Å². The van der Waals surface area contributed by atoms with Crippen molar-refractivity contribution in [1.82, 2.24) is 4.98 Å². The Morgan fingerprint density at radius 3 is 2.74 bits per heavy atom. The largest absolute Gasteiger partial charge is 0.487 e. The highest BCUT2D eigenvalue weighted by molar-refractivity contribution is 5.53. The maximum Gasteiger partial charge on any atom is 0.273 e. The highest BCUT2D eigenvalue weighted by Gasteiger charge is 2.09. The summed E-state index contributed by atoms with van der Waals surface area (Å²) in [5, 5.41) is 10.7. The first-order chi connectivity index (χ1) is 11.1. The standard InChI is InChI=1S/C17H14N2O4/c1-12-5-7-13(8-6-12)17-18-14(11-23-17)10-22-16-4-2-3-15(9-16)19(20)21/h2-9,11H,10H2,1H3. The Morgan fingerprint density at radius 1 is 1.22 bits per heavy atom. The molecule has 0 aliphatic rings. The lowest BCUT2D eigenvalue weighted by Crippen LogP contribution is -1.96. The van der Waals surface area contributed by atoms with E-state index in [1.165, 1.54) is 18.4 Å². The van der Waals surface area contributed by atoms with Gasteiger partial charge in [-0.15, -0.1) is 0 Å². The van der Waals surface area contributed by atoms with Crippen LogP contribution in [0.3, 0.4) is 0 Å². The lowest BCUT2D eigenvalue weighted by molar-refractivity contribution is -0.384. The number of aryl methyl sites for hydroxylation is 1. The number of nitrogens with zero attached hydrogens (tertiary/aromatic N) is 2. The minimum atomic E-state index is -0.460. The van der Waals surface area contributed by atoms with E-state index >= 15 is 0 Å². The third kappa shape index (κ3) is 3.55. The topological polar surface area (TPSA) is 78.4 Å². The highest BCUT2D eigenvalue weighted by Crippen LogP contribution is 2.22. The van der Waals surface area contributed by atoms with Gasteiger partial charge in [-0.05, 0) is 25.1 Å². The van der Waals surface area contributed by atoms with E-state index in [1.807, 2.05) is 31.2 Å². The van der Waals surface area contributed by atoms with Crippen LogP contribution in [0.2, 0.25) is 0 Å². The number of benzene rings is 2. The Hall–Kier alpha value is -3.15. The minimum absolute atomic E-state index is 0.0111. The molecule has 0 fully saturated rings. The maximum absolute atomic E-state index is 10.7. The Labute approximate surface area is 132 Å². The van der Waals surface area contributed by atoms with E-state index in [2.05, 4.69) is 4.98 Å². The molecule has 1 aromatic heterocycles. The molecule has 0 saturated carbocycles. The van der Waals surface area contributed by atoms with Crippen molar-refractivity contribution in [3.05, 3.63) is 76.2 Å². The van der Waals surface area contributed by atoms with Gasteiger partial charge in [-0.1, -0.05) is 23.8 Å². The molecule has 116 valence electrons. The first-order valence-corrected chi connectivity index (χ1v) is 7.00. The normalized spacial score (nSPS) is 10.5. The summed E-state index contributed by atoms with van der Waals surface area (Å²) in [5.74, 6) is 0.932. The lowest BCUT2D eigenvalue weighted by Gasteiger charge is -2.03. The van der Waals surface area contributed by atoms with Crippen molar-refractivity contribution in [1.29, 1.82) is 0 Å². The number of hydrogen-bond acceptors (Lipinski definition) is 5. The van der Waals surface area contributed by atoms with E-state index in [4.69, 9.17) is 9.15 Å². The van der Waals surface area contributed by atoms with E-state index in [0.29, 0.717) is 17.3 Å². The Kier molecular flexibility index (Phi) is 4.05. The fraction of sp³-hybridized carbons (Fsp3) is 0.118. The number of hydrogen-bond donors (Lipinski definition) is 0. The van der Waals surface area contributed by atoms with Crippen molar-refractivity contribution in [3.8, 4) is 17.2 Å². The number of oxazole rings is 1. The molecule has 0 spiro atoms. The third-order valence-electron chi connectivity index (χ3n) is 3.27. The molecule has 23 heavy (non-hydrogen) atoms. The molecular weight excluding hydrogens is 296 g/mol. The van der Waals surface area contributed by atoms with Gasteiger partial charge < -0.3 is 9.15 Å². The maximum atomic E-state index is 10.7. The number of nitro benzene ring substituents is 1. The molecule has 3 rings (SSSR count). The van der Waals surface area contributed by atoms with Crippen molar-refractivity contribution in [2.45, 2.75) is 13.5 Å². The minimum Gasteiger partial charge on any atom is -0.487 e. The molecular formula is C17H14N2O4. The Balaban J connectivity index is 1.69. The summed E-state index contributed by atoms with van der Waals surface area (Å²) in [6.07, 6.45) is 1.52. The number of nitro groups is 1. The Bertz CT molecular complexity index is 825. The zero-order valence-electron chi connectivity index (χ0n) is 12.4. The van der Waals surface area contributed by atoms with Crippen molar-refractivity contribution in [2.75, 3.05) is 0 Å². The molecule has 0 saturated heterocycles. The van der Waals surface area contributed by atoms with Crippen LogP contribution in [0.25, 0.3) is 11.5 Å². The fourth-order valence-electron chi connectivity index (χ4n) is 2.05. The van der Waals surface area contributed by atoms with E-state index in [9.17, 15) is 10.1 Å². The van der Waals surface area contributed by atoms with Crippen LogP contribution in [0.5, 0.6) is 5.75 Å². The fourth-order valence-corrected chi connectivity index (χ4v) is 2.05. The second-order valence-corrected chi connectivity index (χ2v) is 5.05. The summed E-state index contributed by atoms with van der Waals surface area (Å²) in [6, 6.07) is 13.9. The predicted octanol–water partition coefficient (Wildman–Crippen LogP) is 4.14. The summed E-state index contributed by atoms with van der Waals surface area (Å²) in [4.78, 5) is 14.6. The number of aromatic nitrogens is 1. The van der Waals surface area contributed by atoms with Gasteiger partial charge in [0.2, 0.25) is 5.89 Å². The van der Waals surface area contributed by atoms with Crippen LogP contribution in [0.15, 0.2) is 59.2 Å². The van der Waals surface area contributed by atoms with Gasteiger partial charge in [-0.25, -0.2) is 4.98 Å². The summed E-state index contributed by atoms with van der Waals surface area (Å²) in [7, 11) is 0. The molecule has 2 aromatic carbocycles. The van der Waals surface area contributed by atoms with Gasteiger partial charge in [0.05, 0.1) is 11.0 Å². The van der Waals surface area contributed by atoms with Crippen LogP contribution < -0.4 is 4.74 Å². The molecule has 6 heteroatoms. The molecule has 3 aromatic rings. The van der Waals surface area contributed by atoms with Crippen LogP contribution in [-0.4, -0.2) is 9.91 Å². The van der Waals surface area contributed by atoms with E-state index in [1.54, 1.807) is 12.1 Å². The molecule has 1 heterocycles. The van der Waals surface area contributed by atoms with Crippen LogP contribution in [0.1, 0.15) is 11.3 Å². The summed E-state index contributed by atoms with van der Waals surface area (Å²) in [6.45, 7) is 2.19. The number of non-ortho nitro benzene ring substituents is 1. The zero-order valence-corrected chi connectivity index (χ0v) is 12.4. The quantitative estimate of drug-likeness (QED) is 0.523. The first-order valence-electron chi connectivity index (χ1n) is 7.00. The van der Waals surface area contributed by atoms with Gasteiger partial charge in [-0.3, -0.25) is 10.1 Å². The SMILES string of the molecule is Cc1ccc(-c2nc(COc3cccc([N+](=O)[O-])c3)co2)cc1. The molecule has 6 nitrogen and oxygen atoms in total. The van der Waals surface area contributed by atoms with Gasteiger partial charge in [0.15, 0.2) is 0 Å². The molecule has 0 unspecified atom stereocenters. The molecule has 0 amide bonds. The molecule has 0 radical (unpaired) electrons. The monoisotopic (exact) mass is 310 g/mol. The summed E-state index contributed by atoms with van der Waals surface area (Å²) >= 11 is 0. The van der Waals surface area contributed by atoms with Gasteiger partial charge in [-0.2, -0.15) is 0 Å². The summed E-state index contributed by atoms with van der Waals surface area (Å²) in [5.41, 5.74) is 2.65. The first kappa shape index (κ1) is 14.8. The van der Waals surface area contributed by atoms with Crippen LogP contribution in [0, 0.1) is 17.0 Å². The molecule has 0 N–H and O–H groups in total. The van der Waals surface area contributed by atoms with Gasteiger partial charge in [0, 0.05) is 11.6 Å². The van der Waals surface area contributed by atoms with Crippen LogP contribution >= 0.6 is 0 Å². The van der Waals surface area contributed by atoms with E-state index in [-0.39, 0.29) is 12.3 Å². The summed E-state index contributed by atoms with van der Waals surface area (Å²) < 4.78 is 11.0. The number of rotatable bonds is 5. The molecule has 0 atom stereocenters. The number of ether oxygens (including phenoxy) is 1. The van der Waals surface area contributed by atoms with Gasteiger partial charge in [0.25, 0.3) is 5.69 Å². The Morgan fingerprint density at radius 2 is 2.00 bits per heavy atom. The molecule has 0 aliphatic carbocycles. The second-order valence-electron chi connectivity index (χ2n) is 5.05. The van der Waals surface area contributed by atoms with Crippen molar-refractivity contribution in [2.24, 2.45) is 0 Å². The smallest absolute Gasteiger partial charge is 0.273 e. The zero-order chi connectivity index (χ0) is 16.2.